The van der Waals surface area contributed by atoms with E-state index in [0.717, 1.165) is 30.7 Å². The summed E-state index contributed by atoms with van der Waals surface area (Å²) in [7, 11) is 3.35. The third-order valence-corrected chi connectivity index (χ3v) is 8.02. The van der Waals surface area contributed by atoms with Crippen molar-refractivity contribution in [2.75, 3.05) is 70.6 Å². The van der Waals surface area contributed by atoms with Gasteiger partial charge in [0.15, 0.2) is 0 Å². The zero-order chi connectivity index (χ0) is 32.6. The number of amides is 1. The SMILES string of the molecule is CCN(CC)CCNC(=O)c1ccc(NCC#Cc2cc3c(N[C@@H]4CCN(C)C[C@@H]4F)cccc3n2CC(F)(F)F)c(OC)c1. The summed E-state index contributed by atoms with van der Waals surface area (Å²) in [6.07, 6.45) is -4.98. The highest BCUT2D eigenvalue weighted by molar-refractivity contribution is 5.95. The standard InChI is InChI=1S/C33H42F4N6O2/c1-5-42(6-2)18-16-39-32(44)23-12-13-29(31(19-23)45-4)38-15-8-9-24-20-25-27(40-28-14-17-41(3)21-26(28)34)10-7-11-30(25)43(24)22-33(35,36)37/h7,10-13,19-20,26,28,38,40H,5-6,14-18,21-22H2,1-4H3,(H,39,44)/t26-,28+/m0/s1. The fourth-order valence-corrected chi connectivity index (χ4v) is 5.50. The summed E-state index contributed by atoms with van der Waals surface area (Å²) in [5.74, 6) is 6.02. The van der Waals surface area contributed by atoms with Gasteiger partial charge in [0.2, 0.25) is 0 Å². The quantitative estimate of drug-likeness (QED) is 0.189. The number of rotatable bonds is 12. The number of likely N-dealkylation sites (tertiary alicyclic amines) is 1. The number of halogens is 4. The highest BCUT2D eigenvalue weighted by atomic mass is 19.4. The van der Waals surface area contributed by atoms with Gasteiger partial charge in [0, 0.05) is 42.8 Å². The van der Waals surface area contributed by atoms with E-state index in [-0.39, 0.29) is 18.1 Å². The number of nitrogens with one attached hydrogen (secondary N) is 3. The summed E-state index contributed by atoms with van der Waals surface area (Å²) in [5.41, 5.74) is 2.18. The number of ether oxygens (including phenoxy) is 1. The summed E-state index contributed by atoms with van der Waals surface area (Å²) >= 11 is 0. The van der Waals surface area contributed by atoms with Crippen molar-refractivity contribution in [2.45, 2.75) is 45.2 Å². The molecular formula is C33H42F4N6O2. The Morgan fingerprint density at radius 3 is 2.60 bits per heavy atom. The van der Waals surface area contributed by atoms with E-state index < -0.39 is 24.9 Å². The molecule has 45 heavy (non-hydrogen) atoms. The lowest BCUT2D eigenvalue weighted by Crippen LogP contribution is -2.46. The molecule has 244 valence electrons. The molecule has 1 aromatic heterocycles. The van der Waals surface area contributed by atoms with Gasteiger partial charge < -0.3 is 35.1 Å². The van der Waals surface area contributed by atoms with Gasteiger partial charge >= 0.3 is 6.18 Å². The number of carbonyl (C=O) groups excluding carboxylic acids is 1. The van der Waals surface area contributed by atoms with E-state index in [2.05, 4.69) is 46.5 Å². The second-order valence-corrected chi connectivity index (χ2v) is 11.1. The number of benzene rings is 2. The first-order valence-electron chi connectivity index (χ1n) is 15.2. The van der Waals surface area contributed by atoms with E-state index in [9.17, 15) is 22.4 Å². The van der Waals surface area contributed by atoms with Crippen LogP contribution in [0.4, 0.5) is 28.9 Å². The van der Waals surface area contributed by atoms with Crippen molar-refractivity contribution in [3.05, 3.63) is 53.7 Å². The molecule has 0 bridgehead atoms. The second-order valence-electron chi connectivity index (χ2n) is 11.1. The fraction of sp³-hybridized carbons (Fsp3) is 0.485. The summed E-state index contributed by atoms with van der Waals surface area (Å²) in [4.78, 5) is 16.8. The number of hydrogen-bond acceptors (Lipinski definition) is 6. The highest BCUT2D eigenvalue weighted by Gasteiger charge is 2.31. The summed E-state index contributed by atoms with van der Waals surface area (Å²) in [6, 6.07) is 11.2. The highest BCUT2D eigenvalue weighted by Crippen LogP contribution is 2.32. The number of alkyl halides is 4. The Kier molecular flexibility index (Phi) is 11.6. The maximum Gasteiger partial charge on any atom is 0.406 e. The molecule has 0 aliphatic carbocycles. The van der Waals surface area contributed by atoms with Crippen molar-refractivity contribution in [3.8, 4) is 17.6 Å². The Hall–Kier alpha value is -3.95. The number of carbonyl (C=O) groups is 1. The maximum atomic E-state index is 14.7. The minimum atomic E-state index is -4.46. The first-order chi connectivity index (χ1) is 21.5. The molecule has 1 saturated heterocycles. The Labute approximate surface area is 262 Å². The van der Waals surface area contributed by atoms with Crippen molar-refractivity contribution in [1.82, 2.24) is 19.7 Å². The van der Waals surface area contributed by atoms with Crippen LogP contribution >= 0.6 is 0 Å². The minimum absolute atomic E-state index is 0.115. The van der Waals surface area contributed by atoms with Gasteiger partial charge in [0.05, 0.1) is 36.6 Å². The largest absolute Gasteiger partial charge is 0.495 e. The van der Waals surface area contributed by atoms with Gasteiger partial charge in [0.1, 0.15) is 18.5 Å². The molecule has 0 saturated carbocycles. The lowest BCUT2D eigenvalue weighted by molar-refractivity contribution is -0.140. The zero-order valence-electron chi connectivity index (χ0n) is 26.2. The lowest BCUT2D eigenvalue weighted by atomic mass is 10.0. The average Bonchev–Trinajstić information content (AvgIpc) is 3.35. The lowest BCUT2D eigenvalue weighted by Gasteiger charge is -2.33. The number of likely N-dealkylation sites (N-methyl/N-ethyl adjacent to an activating group) is 1. The second kappa shape index (κ2) is 15.4. The molecular weight excluding hydrogens is 588 g/mol. The molecule has 2 aromatic carbocycles. The normalized spacial score (nSPS) is 17.2. The minimum Gasteiger partial charge on any atom is -0.495 e. The number of aromatic nitrogens is 1. The predicted octanol–water partition coefficient (Wildman–Crippen LogP) is 5.20. The van der Waals surface area contributed by atoms with E-state index in [0.29, 0.717) is 53.1 Å². The fourth-order valence-electron chi connectivity index (χ4n) is 5.50. The number of methoxy groups -OCH3 is 1. The van der Waals surface area contributed by atoms with Crippen molar-refractivity contribution in [3.63, 3.8) is 0 Å². The number of nitrogens with zero attached hydrogens (tertiary/aromatic N) is 3. The molecule has 1 aliphatic rings. The van der Waals surface area contributed by atoms with Gasteiger partial charge in [-0.05, 0) is 68.9 Å². The van der Waals surface area contributed by atoms with Crippen LogP contribution in [0.25, 0.3) is 10.9 Å². The van der Waals surface area contributed by atoms with Crippen LogP contribution in [0.5, 0.6) is 5.75 Å². The Morgan fingerprint density at radius 2 is 1.91 bits per heavy atom. The van der Waals surface area contributed by atoms with Crippen molar-refractivity contribution >= 4 is 28.2 Å². The van der Waals surface area contributed by atoms with E-state index in [1.807, 2.05) is 11.9 Å². The summed E-state index contributed by atoms with van der Waals surface area (Å²) in [6.45, 7) is 7.17. The first-order valence-corrected chi connectivity index (χ1v) is 15.2. The van der Waals surface area contributed by atoms with Gasteiger partial charge in [-0.25, -0.2) is 4.39 Å². The molecule has 1 fully saturated rings. The van der Waals surface area contributed by atoms with Crippen LogP contribution in [0, 0.1) is 11.8 Å². The molecule has 8 nitrogen and oxygen atoms in total. The third-order valence-electron chi connectivity index (χ3n) is 8.02. The topological polar surface area (TPSA) is 73.8 Å². The van der Waals surface area contributed by atoms with E-state index in [1.54, 1.807) is 42.5 Å². The molecule has 2 heterocycles. The Morgan fingerprint density at radius 1 is 1.13 bits per heavy atom. The van der Waals surface area contributed by atoms with Crippen molar-refractivity contribution in [2.24, 2.45) is 0 Å². The van der Waals surface area contributed by atoms with Crippen LogP contribution in [-0.4, -0.2) is 98.6 Å². The van der Waals surface area contributed by atoms with Crippen LogP contribution in [0.3, 0.4) is 0 Å². The molecule has 3 aromatic rings. The number of piperidine rings is 1. The summed E-state index contributed by atoms with van der Waals surface area (Å²) < 4.78 is 62.2. The molecule has 3 N–H and O–H groups in total. The monoisotopic (exact) mass is 630 g/mol. The van der Waals surface area contributed by atoms with Gasteiger partial charge in [0.25, 0.3) is 5.91 Å². The Balaban J connectivity index is 1.49. The first kappa shape index (κ1) is 33.9. The molecule has 2 atom stereocenters. The Bertz CT molecular complexity index is 1510. The molecule has 1 aliphatic heterocycles. The van der Waals surface area contributed by atoms with Gasteiger partial charge in [-0.3, -0.25) is 4.79 Å². The molecule has 0 spiro atoms. The average molecular weight is 631 g/mol. The predicted molar refractivity (Wildman–Crippen MR) is 171 cm³/mol. The third kappa shape index (κ3) is 9.05. The van der Waals surface area contributed by atoms with Crippen LogP contribution in [-0.2, 0) is 6.54 Å². The zero-order valence-corrected chi connectivity index (χ0v) is 26.2. The molecule has 12 heteroatoms. The van der Waals surface area contributed by atoms with Gasteiger partial charge in [-0.2, -0.15) is 13.2 Å². The maximum absolute atomic E-state index is 14.7. The summed E-state index contributed by atoms with van der Waals surface area (Å²) in [5, 5.41) is 9.82. The van der Waals surface area contributed by atoms with E-state index >= 15 is 0 Å². The molecule has 0 unspecified atom stereocenters. The van der Waals surface area contributed by atoms with Crippen LogP contribution in [0.2, 0.25) is 0 Å². The van der Waals surface area contributed by atoms with Crippen molar-refractivity contribution in [1.29, 1.82) is 0 Å². The van der Waals surface area contributed by atoms with Crippen LogP contribution in [0.15, 0.2) is 42.5 Å². The molecule has 0 radical (unpaired) electrons. The van der Waals surface area contributed by atoms with Crippen LogP contribution in [0.1, 0.15) is 36.3 Å². The van der Waals surface area contributed by atoms with Crippen LogP contribution < -0.4 is 20.7 Å². The van der Waals surface area contributed by atoms with E-state index in [1.165, 1.54) is 7.11 Å². The van der Waals surface area contributed by atoms with E-state index in [4.69, 9.17) is 4.74 Å². The number of anilines is 2. The van der Waals surface area contributed by atoms with Gasteiger partial charge in [-0.1, -0.05) is 25.8 Å². The van der Waals surface area contributed by atoms with Gasteiger partial charge in [-0.15, -0.1) is 0 Å². The van der Waals surface area contributed by atoms with Crippen molar-refractivity contribution < 1.29 is 27.1 Å². The number of hydrogen-bond donors (Lipinski definition) is 3. The molecule has 1 amide bonds. The number of fused-ring (bicyclic) bond motifs is 1. The molecule has 4 rings (SSSR count). The smallest absolute Gasteiger partial charge is 0.406 e.